The van der Waals surface area contributed by atoms with E-state index in [1.807, 2.05) is 13.8 Å². The van der Waals surface area contributed by atoms with Crippen molar-refractivity contribution in [2.75, 3.05) is 0 Å². The van der Waals surface area contributed by atoms with Crippen LogP contribution in [-0.2, 0) is 49.6 Å². The third-order valence-corrected chi connectivity index (χ3v) is 7.50. The molecule has 0 saturated heterocycles. The molecular weight excluding hydrogens is 432 g/mol. The van der Waals surface area contributed by atoms with Crippen molar-refractivity contribution in [3.05, 3.63) is 28.8 Å². The lowest BCUT2D eigenvalue weighted by molar-refractivity contribution is 0.457. The molecule has 0 heterocycles. The van der Waals surface area contributed by atoms with Crippen LogP contribution in [0, 0.1) is 0 Å². The van der Waals surface area contributed by atoms with E-state index >= 15 is 0 Å². The van der Waals surface area contributed by atoms with Crippen LogP contribution in [0.5, 0.6) is 0 Å². The monoisotopic (exact) mass is 452 g/mol. The Hall–Kier alpha value is -1.57. The fourth-order valence-electron chi connectivity index (χ4n) is 3.51. The van der Waals surface area contributed by atoms with E-state index < -0.39 is 45.0 Å². The zero-order valence-electron chi connectivity index (χ0n) is 15.3. The van der Waals surface area contributed by atoms with Gasteiger partial charge in [0.15, 0.2) is 0 Å². The van der Waals surface area contributed by atoms with Gasteiger partial charge in [-0.3, -0.25) is 13.7 Å². The van der Waals surface area contributed by atoms with E-state index in [1.165, 1.54) is 6.07 Å². The second-order valence-electron chi connectivity index (χ2n) is 6.11. The summed E-state index contributed by atoms with van der Waals surface area (Å²) in [6.07, 6.45) is 1.23. The van der Waals surface area contributed by atoms with E-state index in [2.05, 4.69) is 0 Å². The maximum atomic E-state index is 12.1. The molecule has 0 spiro atoms. The third-order valence-electron chi connectivity index (χ3n) is 4.50. The van der Waals surface area contributed by atoms with Gasteiger partial charge in [0.2, 0.25) is 0 Å². The highest BCUT2D eigenvalue weighted by atomic mass is 32.2. The van der Waals surface area contributed by atoms with Gasteiger partial charge in [-0.1, -0.05) is 26.8 Å². The van der Waals surface area contributed by atoms with E-state index in [9.17, 15) is 38.9 Å². The summed E-state index contributed by atoms with van der Waals surface area (Å²) in [6.45, 7) is 5.33. The first-order valence-electron chi connectivity index (χ1n) is 8.25. The normalized spacial score (nSPS) is 13.2. The van der Waals surface area contributed by atoms with E-state index in [-0.39, 0.29) is 17.2 Å². The Balaban J connectivity index is 3.46. The van der Waals surface area contributed by atoms with E-state index in [0.717, 1.165) is 17.2 Å². The third kappa shape index (κ3) is 3.93. The van der Waals surface area contributed by atoms with Crippen LogP contribution >= 0.6 is 0 Å². The molecule has 2 aromatic carbocycles. The highest BCUT2D eigenvalue weighted by molar-refractivity contribution is 7.90. The zero-order chi connectivity index (χ0) is 21.7. The van der Waals surface area contributed by atoms with Crippen LogP contribution in [0.25, 0.3) is 10.8 Å². The number of benzene rings is 2. The molecule has 28 heavy (non-hydrogen) atoms. The van der Waals surface area contributed by atoms with E-state index in [4.69, 9.17) is 0 Å². The fraction of sp³-hybridized carbons (Fsp3) is 0.375. The molecule has 0 bridgehead atoms. The van der Waals surface area contributed by atoms with Crippen LogP contribution in [-0.4, -0.2) is 38.9 Å². The van der Waals surface area contributed by atoms with Crippen molar-refractivity contribution >= 4 is 41.1 Å². The summed E-state index contributed by atoms with van der Waals surface area (Å²) in [7, 11) is -16.0. The number of hydrogen-bond acceptors (Lipinski definition) is 6. The molecule has 9 nitrogen and oxygen atoms in total. The molecule has 3 N–H and O–H groups in total. The van der Waals surface area contributed by atoms with Crippen molar-refractivity contribution in [3.63, 3.8) is 0 Å². The summed E-state index contributed by atoms with van der Waals surface area (Å²) in [5.74, 6) is 0. The van der Waals surface area contributed by atoms with Gasteiger partial charge in [-0.25, -0.2) is 0 Å². The number of fused-ring (bicyclic) bond motifs is 1. The summed E-state index contributed by atoms with van der Waals surface area (Å²) in [4.78, 5) is -4.18. The molecule has 0 unspecified atom stereocenters. The molecule has 0 aromatic heterocycles. The first-order chi connectivity index (χ1) is 12.7. The zero-order valence-corrected chi connectivity index (χ0v) is 17.7. The van der Waals surface area contributed by atoms with E-state index in [1.54, 1.807) is 6.92 Å². The summed E-state index contributed by atoms with van der Waals surface area (Å²) >= 11 is 0. The number of rotatable bonds is 6. The first kappa shape index (κ1) is 22.7. The standard InChI is InChI=1S/C16H20O9S3/c1-4-9-7-10-8-13(26(17,18)19)15(27(20,21)22)16(28(23,24)25)14(10)12(6-3)11(9)5-2/h7-8H,4-6H2,1-3H3,(H,17,18,19)(H,20,21,22)(H,23,24,25). The van der Waals surface area contributed by atoms with Gasteiger partial charge in [0, 0.05) is 5.39 Å². The average molecular weight is 453 g/mol. The van der Waals surface area contributed by atoms with Crippen LogP contribution in [0.1, 0.15) is 37.5 Å². The van der Waals surface area contributed by atoms with Gasteiger partial charge < -0.3 is 0 Å². The molecule has 12 heteroatoms. The Labute approximate surface area is 163 Å². The topological polar surface area (TPSA) is 163 Å². The fourth-order valence-corrected chi connectivity index (χ4v) is 6.94. The van der Waals surface area contributed by atoms with Crippen molar-refractivity contribution < 1.29 is 38.9 Å². The van der Waals surface area contributed by atoms with Crippen molar-refractivity contribution in [1.82, 2.24) is 0 Å². The summed E-state index contributed by atoms with van der Waals surface area (Å²) in [5, 5.41) is -0.211. The van der Waals surface area contributed by atoms with Gasteiger partial charge in [0.1, 0.15) is 14.7 Å². The molecule has 0 fully saturated rings. The van der Waals surface area contributed by atoms with Gasteiger partial charge in [-0.05, 0) is 47.4 Å². The van der Waals surface area contributed by atoms with Crippen LogP contribution < -0.4 is 0 Å². The molecular formula is C16H20O9S3. The second-order valence-corrected chi connectivity index (χ2v) is 10.2. The number of aryl methyl sites for hydroxylation is 2. The lowest BCUT2D eigenvalue weighted by Crippen LogP contribution is -2.16. The van der Waals surface area contributed by atoms with Gasteiger partial charge in [-0.15, -0.1) is 0 Å². The Morgan fingerprint density at radius 2 is 1.18 bits per heavy atom. The lowest BCUT2D eigenvalue weighted by atomic mass is 9.90. The van der Waals surface area contributed by atoms with Crippen molar-refractivity contribution in [2.24, 2.45) is 0 Å². The van der Waals surface area contributed by atoms with Crippen molar-refractivity contribution in [1.29, 1.82) is 0 Å². The minimum atomic E-state index is -5.46. The quantitative estimate of drug-likeness (QED) is 0.558. The smallest absolute Gasteiger partial charge is 0.282 e. The predicted molar refractivity (Wildman–Crippen MR) is 102 cm³/mol. The van der Waals surface area contributed by atoms with E-state index in [0.29, 0.717) is 18.4 Å². The summed E-state index contributed by atoms with van der Waals surface area (Å²) in [5.41, 5.74) is 1.90. The molecule has 0 amide bonds. The molecule has 0 saturated carbocycles. The van der Waals surface area contributed by atoms with Crippen molar-refractivity contribution in [2.45, 2.75) is 54.7 Å². The molecule has 0 radical (unpaired) electrons. The van der Waals surface area contributed by atoms with Crippen LogP contribution in [0.4, 0.5) is 0 Å². The van der Waals surface area contributed by atoms with Gasteiger partial charge in [0.05, 0.1) is 0 Å². The van der Waals surface area contributed by atoms with Crippen LogP contribution in [0.3, 0.4) is 0 Å². The van der Waals surface area contributed by atoms with Gasteiger partial charge in [-0.2, -0.15) is 25.3 Å². The van der Waals surface area contributed by atoms with Gasteiger partial charge in [0.25, 0.3) is 30.4 Å². The average Bonchev–Trinajstić information content (AvgIpc) is 2.55. The van der Waals surface area contributed by atoms with Gasteiger partial charge >= 0.3 is 0 Å². The minimum Gasteiger partial charge on any atom is -0.282 e. The highest BCUT2D eigenvalue weighted by Crippen LogP contribution is 2.39. The summed E-state index contributed by atoms with van der Waals surface area (Å²) in [6, 6.07) is 2.25. The molecule has 0 aliphatic heterocycles. The molecule has 0 aliphatic rings. The molecule has 0 atom stereocenters. The minimum absolute atomic E-state index is 0.00134. The molecule has 2 aromatic rings. The second kappa shape index (κ2) is 7.35. The SMILES string of the molecule is CCc1cc2cc(S(=O)(=O)O)c(S(=O)(=O)O)c(S(=O)(=O)O)c2c(CC)c1CC. The first-order valence-corrected chi connectivity index (χ1v) is 12.6. The maximum absolute atomic E-state index is 12.1. The Bertz CT molecular complexity index is 1270. The molecule has 2 rings (SSSR count). The lowest BCUT2D eigenvalue weighted by Gasteiger charge is -2.20. The van der Waals surface area contributed by atoms with Crippen LogP contribution in [0.15, 0.2) is 26.8 Å². The Kier molecular flexibility index (Phi) is 5.97. The van der Waals surface area contributed by atoms with Crippen LogP contribution in [0.2, 0.25) is 0 Å². The number of hydrogen-bond donors (Lipinski definition) is 3. The summed E-state index contributed by atoms with van der Waals surface area (Å²) < 4.78 is 100. The molecule has 156 valence electrons. The predicted octanol–water partition coefficient (Wildman–Crippen LogP) is 2.27. The maximum Gasteiger partial charge on any atom is 0.297 e. The Morgan fingerprint density at radius 1 is 0.679 bits per heavy atom. The van der Waals surface area contributed by atoms with Crippen molar-refractivity contribution in [3.8, 4) is 0 Å². The molecule has 0 aliphatic carbocycles. The largest absolute Gasteiger partial charge is 0.297 e. The highest BCUT2D eigenvalue weighted by Gasteiger charge is 2.35. The Morgan fingerprint density at radius 3 is 1.54 bits per heavy atom.